The van der Waals surface area contributed by atoms with E-state index < -0.39 is 0 Å². The number of hydrogen-bond donors (Lipinski definition) is 2. The van der Waals surface area contributed by atoms with Gasteiger partial charge in [0.2, 0.25) is 0 Å². The van der Waals surface area contributed by atoms with Crippen molar-refractivity contribution in [3.63, 3.8) is 0 Å². The van der Waals surface area contributed by atoms with Crippen molar-refractivity contribution in [3.05, 3.63) is 23.8 Å². The Hall–Kier alpha value is -1.22. The number of rotatable bonds is 3. The van der Waals surface area contributed by atoms with Gasteiger partial charge in [0.25, 0.3) is 0 Å². The van der Waals surface area contributed by atoms with E-state index in [9.17, 15) is 5.11 Å². The topological polar surface area (TPSA) is 49.7 Å². The summed E-state index contributed by atoms with van der Waals surface area (Å²) >= 11 is 0. The van der Waals surface area contributed by atoms with Crippen molar-refractivity contribution in [2.24, 2.45) is 5.92 Å². The monoisotopic (exact) mass is 208 g/mol. The zero-order valence-electron chi connectivity index (χ0n) is 8.81. The lowest BCUT2D eigenvalue weighted by molar-refractivity contribution is -0.0352. The van der Waals surface area contributed by atoms with Crippen LogP contribution in [0.2, 0.25) is 0 Å². The van der Waals surface area contributed by atoms with Crippen LogP contribution in [0, 0.1) is 5.92 Å². The minimum atomic E-state index is -0.0870. The predicted octanol–water partition coefficient (Wildman–Crippen LogP) is 2.41. The molecule has 2 N–H and O–H groups in total. The van der Waals surface area contributed by atoms with Gasteiger partial charge >= 0.3 is 0 Å². The van der Waals surface area contributed by atoms with E-state index in [1.807, 2.05) is 0 Å². The van der Waals surface area contributed by atoms with Crippen LogP contribution < -0.4 is 0 Å². The van der Waals surface area contributed by atoms with Crippen molar-refractivity contribution in [1.29, 1.82) is 0 Å². The molecule has 82 valence electrons. The quantitative estimate of drug-likeness (QED) is 0.750. The number of phenols is 2. The SMILES string of the molecule is CC1CC(OCc2ccc(O)c(O)c2)C1. The molecule has 1 saturated carbocycles. The molecule has 0 atom stereocenters. The number of hydrogen-bond acceptors (Lipinski definition) is 3. The first kappa shape index (κ1) is 10.3. The van der Waals surface area contributed by atoms with E-state index in [0.29, 0.717) is 12.7 Å². The van der Waals surface area contributed by atoms with Crippen LogP contribution >= 0.6 is 0 Å². The second kappa shape index (κ2) is 4.11. The van der Waals surface area contributed by atoms with Crippen LogP contribution in [0.15, 0.2) is 18.2 Å². The average Bonchev–Trinajstić information content (AvgIpc) is 2.16. The Morgan fingerprint density at radius 3 is 2.60 bits per heavy atom. The zero-order valence-corrected chi connectivity index (χ0v) is 8.81. The highest BCUT2D eigenvalue weighted by Gasteiger charge is 2.25. The molecule has 1 aromatic rings. The lowest BCUT2D eigenvalue weighted by Gasteiger charge is -2.32. The van der Waals surface area contributed by atoms with E-state index in [2.05, 4.69) is 6.92 Å². The normalized spacial score (nSPS) is 24.9. The predicted molar refractivity (Wildman–Crippen MR) is 56.7 cm³/mol. The standard InChI is InChI=1S/C12H16O3/c1-8-4-10(5-8)15-7-9-2-3-11(13)12(14)6-9/h2-3,6,8,10,13-14H,4-5,7H2,1H3. The van der Waals surface area contributed by atoms with Gasteiger partial charge in [-0.15, -0.1) is 0 Å². The molecule has 0 spiro atoms. The summed E-state index contributed by atoms with van der Waals surface area (Å²) in [6.07, 6.45) is 2.63. The summed E-state index contributed by atoms with van der Waals surface area (Å²) < 4.78 is 5.64. The maximum Gasteiger partial charge on any atom is 0.157 e. The first-order valence-electron chi connectivity index (χ1n) is 5.27. The second-order valence-corrected chi connectivity index (χ2v) is 4.33. The van der Waals surface area contributed by atoms with E-state index in [1.165, 1.54) is 12.1 Å². The Bertz CT molecular complexity index is 343. The molecule has 0 radical (unpaired) electrons. The highest BCUT2D eigenvalue weighted by atomic mass is 16.5. The molecule has 0 amide bonds. The molecule has 0 aromatic heterocycles. The summed E-state index contributed by atoms with van der Waals surface area (Å²) in [5, 5.41) is 18.4. The van der Waals surface area contributed by atoms with Gasteiger partial charge in [0.05, 0.1) is 12.7 Å². The number of benzene rings is 1. The van der Waals surface area contributed by atoms with E-state index in [-0.39, 0.29) is 11.5 Å². The summed E-state index contributed by atoms with van der Waals surface area (Å²) in [4.78, 5) is 0. The zero-order chi connectivity index (χ0) is 10.8. The summed E-state index contributed by atoms with van der Waals surface area (Å²) in [7, 11) is 0. The van der Waals surface area contributed by atoms with Gasteiger partial charge in [-0.05, 0) is 36.5 Å². The molecule has 0 bridgehead atoms. The maximum atomic E-state index is 9.27. The van der Waals surface area contributed by atoms with Crippen molar-refractivity contribution in [2.75, 3.05) is 0 Å². The molecule has 3 heteroatoms. The molecular formula is C12H16O3. The fourth-order valence-electron chi connectivity index (χ4n) is 1.84. The minimum Gasteiger partial charge on any atom is -0.504 e. The molecule has 0 unspecified atom stereocenters. The van der Waals surface area contributed by atoms with E-state index in [0.717, 1.165) is 24.3 Å². The van der Waals surface area contributed by atoms with Crippen LogP contribution in [0.5, 0.6) is 11.5 Å². The molecule has 0 saturated heterocycles. The maximum absolute atomic E-state index is 9.27. The van der Waals surface area contributed by atoms with Gasteiger partial charge in [0, 0.05) is 0 Å². The Labute approximate surface area is 89.3 Å². The molecule has 1 fully saturated rings. The summed E-state index contributed by atoms with van der Waals surface area (Å²) in [5.74, 6) is 0.609. The fraction of sp³-hybridized carbons (Fsp3) is 0.500. The van der Waals surface area contributed by atoms with Crippen LogP contribution in [-0.4, -0.2) is 16.3 Å². The molecule has 1 aliphatic rings. The number of phenolic OH excluding ortho intramolecular Hbond substituents is 2. The largest absolute Gasteiger partial charge is 0.504 e. The molecule has 3 nitrogen and oxygen atoms in total. The van der Waals surface area contributed by atoms with Crippen LogP contribution in [0.4, 0.5) is 0 Å². The van der Waals surface area contributed by atoms with Gasteiger partial charge in [-0.3, -0.25) is 0 Å². The second-order valence-electron chi connectivity index (χ2n) is 4.33. The highest BCUT2D eigenvalue weighted by molar-refractivity contribution is 5.40. The summed E-state index contributed by atoms with van der Waals surface area (Å²) in [6.45, 7) is 2.72. The Kier molecular flexibility index (Phi) is 2.82. The molecule has 1 aliphatic carbocycles. The first-order valence-corrected chi connectivity index (χ1v) is 5.27. The van der Waals surface area contributed by atoms with Gasteiger partial charge in [0.1, 0.15) is 0 Å². The Morgan fingerprint density at radius 1 is 1.27 bits per heavy atom. The van der Waals surface area contributed by atoms with Crippen molar-refractivity contribution in [1.82, 2.24) is 0 Å². The lowest BCUT2D eigenvalue weighted by atomic mass is 9.84. The molecular weight excluding hydrogens is 192 g/mol. The smallest absolute Gasteiger partial charge is 0.157 e. The van der Waals surface area contributed by atoms with Crippen LogP contribution in [-0.2, 0) is 11.3 Å². The highest BCUT2D eigenvalue weighted by Crippen LogP contribution is 2.31. The summed E-state index contributed by atoms with van der Waals surface area (Å²) in [5.41, 5.74) is 0.893. The molecule has 2 rings (SSSR count). The van der Waals surface area contributed by atoms with Crippen LogP contribution in [0.1, 0.15) is 25.3 Å². The Balaban J connectivity index is 1.86. The van der Waals surface area contributed by atoms with Crippen molar-refractivity contribution in [3.8, 4) is 11.5 Å². The van der Waals surface area contributed by atoms with Crippen LogP contribution in [0.25, 0.3) is 0 Å². The van der Waals surface area contributed by atoms with E-state index in [4.69, 9.17) is 9.84 Å². The van der Waals surface area contributed by atoms with E-state index >= 15 is 0 Å². The third-order valence-corrected chi connectivity index (χ3v) is 2.86. The fourth-order valence-corrected chi connectivity index (χ4v) is 1.84. The average molecular weight is 208 g/mol. The lowest BCUT2D eigenvalue weighted by Crippen LogP contribution is -2.29. The number of aromatic hydroxyl groups is 2. The third-order valence-electron chi connectivity index (χ3n) is 2.86. The molecule has 15 heavy (non-hydrogen) atoms. The van der Waals surface area contributed by atoms with Gasteiger partial charge in [-0.1, -0.05) is 13.0 Å². The van der Waals surface area contributed by atoms with Crippen LogP contribution in [0.3, 0.4) is 0 Å². The third kappa shape index (κ3) is 2.42. The summed E-state index contributed by atoms with van der Waals surface area (Å²) in [6, 6.07) is 4.78. The van der Waals surface area contributed by atoms with Crippen molar-refractivity contribution < 1.29 is 14.9 Å². The number of ether oxygens (including phenoxy) is 1. The molecule has 1 aromatic carbocycles. The van der Waals surface area contributed by atoms with Gasteiger partial charge in [0.15, 0.2) is 11.5 Å². The van der Waals surface area contributed by atoms with Gasteiger partial charge in [-0.25, -0.2) is 0 Å². The first-order chi connectivity index (χ1) is 7.15. The van der Waals surface area contributed by atoms with Crippen molar-refractivity contribution in [2.45, 2.75) is 32.5 Å². The molecule has 0 aliphatic heterocycles. The molecule has 0 heterocycles. The van der Waals surface area contributed by atoms with E-state index in [1.54, 1.807) is 6.07 Å². The van der Waals surface area contributed by atoms with Gasteiger partial charge in [-0.2, -0.15) is 0 Å². The van der Waals surface area contributed by atoms with Crippen molar-refractivity contribution >= 4 is 0 Å². The van der Waals surface area contributed by atoms with Gasteiger partial charge < -0.3 is 14.9 Å². The minimum absolute atomic E-state index is 0.0851. The Morgan fingerprint density at radius 2 is 2.00 bits per heavy atom.